The molecule has 2 heteroatoms. The highest BCUT2D eigenvalue weighted by molar-refractivity contribution is 5.85. The van der Waals surface area contributed by atoms with E-state index in [1.807, 2.05) is 0 Å². The quantitative estimate of drug-likeness (QED) is 0.891. The molecule has 0 aliphatic carbocycles. The largest absolute Gasteiger partial charge is 0.330 e. The average Bonchev–Trinajstić information content (AvgIpc) is 2.32. The van der Waals surface area contributed by atoms with E-state index < -0.39 is 0 Å². The molecule has 0 spiro atoms. The molecule has 2 N–H and O–H groups in total. The molecule has 0 unspecified atom stereocenters. The van der Waals surface area contributed by atoms with Gasteiger partial charge >= 0.3 is 0 Å². The van der Waals surface area contributed by atoms with Crippen LogP contribution in [0.1, 0.15) is 16.7 Å². The third kappa shape index (κ3) is 3.12. The summed E-state index contributed by atoms with van der Waals surface area (Å²) in [7, 11) is 0. The molecule has 0 fully saturated rings. The van der Waals surface area contributed by atoms with Gasteiger partial charge in [-0.2, -0.15) is 0 Å². The van der Waals surface area contributed by atoms with E-state index in [9.17, 15) is 0 Å². The van der Waals surface area contributed by atoms with Crippen LogP contribution in [0.3, 0.4) is 0 Å². The Morgan fingerprint density at radius 3 is 2.33 bits per heavy atom. The maximum absolute atomic E-state index is 5.68. The predicted octanol–water partition coefficient (Wildman–Crippen LogP) is 3.89. The van der Waals surface area contributed by atoms with Crippen LogP contribution < -0.4 is 5.73 Å². The maximum atomic E-state index is 5.68. The van der Waals surface area contributed by atoms with Gasteiger partial charge in [-0.3, -0.25) is 0 Å². The first-order valence-electron chi connectivity index (χ1n) is 6.08. The summed E-state index contributed by atoms with van der Waals surface area (Å²) in [5.41, 5.74) is 12.3. The minimum Gasteiger partial charge on any atom is -0.330 e. The molecule has 0 saturated heterocycles. The zero-order valence-electron chi connectivity index (χ0n) is 10.9. The van der Waals surface area contributed by atoms with Gasteiger partial charge in [0.05, 0.1) is 0 Å². The number of rotatable bonds is 3. The first kappa shape index (κ1) is 14.7. The molecule has 0 atom stereocenters. The van der Waals surface area contributed by atoms with E-state index >= 15 is 0 Å². The summed E-state index contributed by atoms with van der Waals surface area (Å²) in [5.74, 6) is 0. The number of nitrogens with two attached hydrogens (primary N) is 1. The van der Waals surface area contributed by atoms with Crippen molar-refractivity contribution < 1.29 is 0 Å². The van der Waals surface area contributed by atoms with E-state index in [1.165, 1.54) is 27.8 Å². The van der Waals surface area contributed by atoms with Crippen molar-refractivity contribution in [3.05, 3.63) is 59.2 Å². The highest BCUT2D eigenvalue weighted by atomic mass is 35.5. The second kappa shape index (κ2) is 6.58. The molecule has 0 amide bonds. The predicted molar refractivity (Wildman–Crippen MR) is 81.4 cm³/mol. The van der Waals surface area contributed by atoms with E-state index in [0.717, 1.165) is 6.42 Å². The summed E-state index contributed by atoms with van der Waals surface area (Å²) in [6, 6.07) is 15.1. The fraction of sp³-hybridized carbons (Fsp3) is 0.250. The molecule has 0 bridgehead atoms. The number of benzene rings is 2. The van der Waals surface area contributed by atoms with E-state index in [0.29, 0.717) is 6.54 Å². The maximum Gasteiger partial charge on any atom is -0.00365 e. The summed E-state index contributed by atoms with van der Waals surface area (Å²) in [6.07, 6.45) is 0.934. The van der Waals surface area contributed by atoms with Gasteiger partial charge in [0.2, 0.25) is 0 Å². The number of aryl methyl sites for hydroxylation is 2. The molecule has 0 heterocycles. The molecule has 2 rings (SSSR count). The number of hydrogen-bond acceptors (Lipinski definition) is 1. The van der Waals surface area contributed by atoms with E-state index in [4.69, 9.17) is 5.73 Å². The fourth-order valence-electron chi connectivity index (χ4n) is 2.19. The molecule has 0 aliphatic rings. The Hall–Kier alpha value is -1.31. The minimum atomic E-state index is 0. The standard InChI is InChI=1S/C16H19N.ClH/c1-12-7-8-14(9-10-17)16(11-12)15-6-4-3-5-13(15)2;/h3-8,11H,9-10,17H2,1-2H3;1H. The first-order valence-corrected chi connectivity index (χ1v) is 6.08. The van der Waals surface area contributed by atoms with Gasteiger partial charge in [-0.05, 0) is 49.1 Å². The van der Waals surface area contributed by atoms with Crippen LogP contribution in [0.5, 0.6) is 0 Å². The molecule has 0 aromatic heterocycles. The lowest BCUT2D eigenvalue weighted by Gasteiger charge is -2.12. The van der Waals surface area contributed by atoms with E-state index in [2.05, 4.69) is 56.3 Å². The van der Waals surface area contributed by atoms with Gasteiger partial charge in [0, 0.05) is 0 Å². The van der Waals surface area contributed by atoms with Gasteiger partial charge < -0.3 is 5.73 Å². The molecule has 0 saturated carbocycles. The third-order valence-electron chi connectivity index (χ3n) is 3.11. The number of hydrogen-bond donors (Lipinski definition) is 1. The van der Waals surface area contributed by atoms with Crippen LogP contribution in [0.25, 0.3) is 11.1 Å². The SMILES string of the molecule is Cc1ccc(CCN)c(-c2ccccc2C)c1.Cl. The third-order valence-corrected chi connectivity index (χ3v) is 3.11. The molecular formula is C16H20ClN. The van der Waals surface area contributed by atoms with E-state index in [1.54, 1.807) is 0 Å². The smallest absolute Gasteiger partial charge is 0.00365 e. The Bertz CT molecular complexity index is 520. The van der Waals surface area contributed by atoms with Crippen LogP contribution >= 0.6 is 12.4 Å². The molecule has 0 aliphatic heterocycles. The van der Waals surface area contributed by atoms with Gasteiger partial charge in [-0.1, -0.05) is 48.0 Å². The van der Waals surface area contributed by atoms with Crippen molar-refractivity contribution in [2.45, 2.75) is 20.3 Å². The Labute approximate surface area is 115 Å². The van der Waals surface area contributed by atoms with Crippen molar-refractivity contribution >= 4 is 12.4 Å². The summed E-state index contributed by atoms with van der Waals surface area (Å²) in [6.45, 7) is 4.99. The minimum absolute atomic E-state index is 0. The van der Waals surface area contributed by atoms with E-state index in [-0.39, 0.29) is 12.4 Å². The zero-order chi connectivity index (χ0) is 12.3. The van der Waals surface area contributed by atoms with Gasteiger partial charge in [0.25, 0.3) is 0 Å². The van der Waals surface area contributed by atoms with Crippen molar-refractivity contribution in [1.82, 2.24) is 0 Å². The molecule has 18 heavy (non-hydrogen) atoms. The summed E-state index contributed by atoms with van der Waals surface area (Å²) < 4.78 is 0. The molecule has 96 valence electrons. The molecule has 0 radical (unpaired) electrons. The second-order valence-electron chi connectivity index (χ2n) is 4.51. The molecule has 2 aromatic carbocycles. The average molecular weight is 262 g/mol. The Morgan fingerprint density at radius 2 is 1.67 bits per heavy atom. The number of halogens is 1. The van der Waals surface area contributed by atoms with Gasteiger partial charge in [-0.15, -0.1) is 12.4 Å². The van der Waals surface area contributed by atoms with Crippen molar-refractivity contribution in [2.75, 3.05) is 6.54 Å². The lowest BCUT2D eigenvalue weighted by atomic mass is 9.93. The van der Waals surface area contributed by atoms with Crippen LogP contribution in [0, 0.1) is 13.8 Å². The van der Waals surface area contributed by atoms with Crippen LogP contribution in [0.15, 0.2) is 42.5 Å². The topological polar surface area (TPSA) is 26.0 Å². The van der Waals surface area contributed by atoms with Crippen LogP contribution in [0.4, 0.5) is 0 Å². The van der Waals surface area contributed by atoms with Crippen LogP contribution in [-0.4, -0.2) is 6.54 Å². The molecule has 2 aromatic rings. The highest BCUT2D eigenvalue weighted by Gasteiger charge is 2.06. The van der Waals surface area contributed by atoms with Crippen LogP contribution in [0.2, 0.25) is 0 Å². The lowest BCUT2D eigenvalue weighted by Crippen LogP contribution is -2.04. The Balaban J connectivity index is 0.00000162. The van der Waals surface area contributed by atoms with Gasteiger partial charge in [0.1, 0.15) is 0 Å². The van der Waals surface area contributed by atoms with Gasteiger partial charge in [-0.25, -0.2) is 0 Å². The van der Waals surface area contributed by atoms with Crippen LogP contribution in [-0.2, 0) is 6.42 Å². The monoisotopic (exact) mass is 261 g/mol. The van der Waals surface area contributed by atoms with Crippen molar-refractivity contribution in [3.63, 3.8) is 0 Å². The highest BCUT2D eigenvalue weighted by Crippen LogP contribution is 2.28. The van der Waals surface area contributed by atoms with Gasteiger partial charge in [0.15, 0.2) is 0 Å². The summed E-state index contributed by atoms with van der Waals surface area (Å²) >= 11 is 0. The van der Waals surface area contributed by atoms with Crippen molar-refractivity contribution in [2.24, 2.45) is 5.73 Å². The first-order chi connectivity index (χ1) is 8.22. The Morgan fingerprint density at radius 1 is 0.944 bits per heavy atom. The zero-order valence-corrected chi connectivity index (χ0v) is 11.8. The second-order valence-corrected chi connectivity index (χ2v) is 4.51. The van der Waals surface area contributed by atoms with Crippen molar-refractivity contribution in [3.8, 4) is 11.1 Å². The lowest BCUT2D eigenvalue weighted by molar-refractivity contribution is 0.969. The summed E-state index contributed by atoms with van der Waals surface area (Å²) in [5, 5.41) is 0. The molecular weight excluding hydrogens is 242 g/mol. The van der Waals surface area contributed by atoms with Crippen molar-refractivity contribution in [1.29, 1.82) is 0 Å². The fourth-order valence-corrected chi connectivity index (χ4v) is 2.19. The Kier molecular flexibility index (Phi) is 5.39. The molecule has 1 nitrogen and oxygen atoms in total. The summed E-state index contributed by atoms with van der Waals surface area (Å²) in [4.78, 5) is 0. The normalized spacial score (nSPS) is 9.94.